The molecule has 0 spiro atoms. The summed E-state index contributed by atoms with van der Waals surface area (Å²) in [6.45, 7) is 5.50. The summed E-state index contributed by atoms with van der Waals surface area (Å²) >= 11 is 4.37. The number of hydrogen-bond donors (Lipinski definition) is 2. The van der Waals surface area contributed by atoms with Gasteiger partial charge in [-0.05, 0) is 49.9 Å². The third-order valence-corrected chi connectivity index (χ3v) is 14.2. The molecule has 0 aliphatic heterocycles. The second-order valence-electron chi connectivity index (χ2n) is 14.9. The fourth-order valence-electron chi connectivity index (χ4n) is 7.97. The zero-order valence-electron chi connectivity index (χ0n) is 31.7. The first-order valence-corrected chi connectivity index (χ1v) is 22.6. The van der Waals surface area contributed by atoms with Crippen molar-refractivity contribution in [2.24, 2.45) is 0 Å². The van der Waals surface area contributed by atoms with Gasteiger partial charge in [0.05, 0.1) is 11.0 Å². The molecule has 10 nitrogen and oxygen atoms in total. The highest BCUT2D eigenvalue weighted by Gasteiger charge is 2.26. The van der Waals surface area contributed by atoms with E-state index in [1.54, 1.807) is 31.5 Å². The summed E-state index contributed by atoms with van der Waals surface area (Å²) in [6, 6.07) is 8.05. The largest absolute Gasteiger partial charge is 0.356 e. The molecule has 288 valence electrons. The smallest absolute Gasteiger partial charge is 0.274 e. The van der Waals surface area contributed by atoms with Gasteiger partial charge in [-0.25, -0.2) is 9.97 Å². The van der Waals surface area contributed by atoms with E-state index in [9.17, 15) is 19.2 Å². The minimum atomic E-state index is -0.172. The number of nitrogens with zero attached hydrogens (tertiary/aromatic N) is 4. The van der Waals surface area contributed by atoms with Crippen molar-refractivity contribution < 1.29 is 9.59 Å². The molecule has 0 aliphatic carbocycles. The third-order valence-electron chi connectivity index (χ3n) is 10.9. The van der Waals surface area contributed by atoms with Crippen LogP contribution in [0.2, 0.25) is 0 Å². The number of pyridine rings is 2. The second kappa shape index (κ2) is 16.5. The quantitative estimate of drug-likeness (QED) is 0.0585. The standard InChI is InChI=1S/C42H48N6O4S3/c1-3-5-7-9-11-13-15-31(49)43-21-19-25-23-29-39(53-25)45-37-27-17-18-28-34-33(27)35(41(51)47(29)37)55-36(34)42(52)48-30-24-26(54-40(30)46-38(28)48)20-22-44-32(50)16-14-12-10-8-6-4-2/h17-18,23-24H,3-16,19-22H2,1-2H3,(H,43,49)(H,44,50). The number of nitrogens with one attached hydrogen (secondary N) is 2. The summed E-state index contributed by atoms with van der Waals surface area (Å²) in [5.41, 5.74) is 2.37. The lowest BCUT2D eigenvalue weighted by Crippen LogP contribution is -2.25. The first-order valence-electron chi connectivity index (χ1n) is 20.1. The van der Waals surface area contributed by atoms with E-state index >= 15 is 0 Å². The van der Waals surface area contributed by atoms with Gasteiger partial charge in [-0.2, -0.15) is 0 Å². The minimum Gasteiger partial charge on any atom is -0.356 e. The van der Waals surface area contributed by atoms with Crippen LogP contribution in [0.15, 0.2) is 33.9 Å². The Balaban J connectivity index is 1.01. The highest BCUT2D eigenvalue weighted by Crippen LogP contribution is 2.42. The van der Waals surface area contributed by atoms with Gasteiger partial charge in [0.1, 0.15) is 30.4 Å². The van der Waals surface area contributed by atoms with Crippen LogP contribution in [0.1, 0.15) is 113 Å². The molecule has 1 aromatic carbocycles. The third kappa shape index (κ3) is 7.31. The van der Waals surface area contributed by atoms with Crippen molar-refractivity contribution in [1.29, 1.82) is 0 Å². The van der Waals surface area contributed by atoms with Crippen LogP contribution in [-0.2, 0) is 22.4 Å². The van der Waals surface area contributed by atoms with E-state index in [1.165, 1.54) is 62.7 Å². The Hall–Kier alpha value is -4.20. The van der Waals surface area contributed by atoms with Crippen molar-refractivity contribution in [3.05, 3.63) is 54.7 Å². The van der Waals surface area contributed by atoms with Crippen molar-refractivity contribution >= 4 is 109 Å². The highest BCUT2D eigenvalue weighted by molar-refractivity contribution is 7.26. The van der Waals surface area contributed by atoms with E-state index < -0.39 is 0 Å². The Bertz CT molecular complexity index is 2570. The number of amides is 2. The maximum Gasteiger partial charge on any atom is 0.274 e. The van der Waals surface area contributed by atoms with Crippen LogP contribution < -0.4 is 21.8 Å². The Morgan fingerprint density at radius 2 is 1.02 bits per heavy atom. The molecular formula is C42H48N6O4S3. The molecule has 7 heterocycles. The maximum atomic E-state index is 14.2. The Kier molecular flexibility index (Phi) is 11.3. The molecule has 55 heavy (non-hydrogen) atoms. The number of hydrogen-bond acceptors (Lipinski definition) is 9. The summed E-state index contributed by atoms with van der Waals surface area (Å²) in [6.07, 6.45) is 16.3. The average molecular weight is 797 g/mol. The molecule has 8 aromatic rings. The SMILES string of the molecule is CCCCCCCCC(=O)NCCc1cc2c(nc3c4ccc5c6c(sc(c(=O)n23)c46)c(=O)n2c3cc(CCNC(=O)CCCCCCCC)sc3nc52)s1. The molecule has 8 rings (SSSR count). The van der Waals surface area contributed by atoms with E-state index in [2.05, 4.69) is 24.5 Å². The van der Waals surface area contributed by atoms with E-state index in [-0.39, 0.29) is 22.9 Å². The van der Waals surface area contributed by atoms with Crippen molar-refractivity contribution in [3.8, 4) is 0 Å². The normalized spacial score (nSPS) is 12.3. The van der Waals surface area contributed by atoms with Gasteiger partial charge in [-0.15, -0.1) is 34.0 Å². The average Bonchev–Trinajstić information content (AvgIpc) is 3.99. The number of imidazole rings is 2. The van der Waals surface area contributed by atoms with E-state index in [0.29, 0.717) is 59.5 Å². The van der Waals surface area contributed by atoms with Gasteiger partial charge in [0, 0.05) is 57.2 Å². The fraction of sp³-hybridized carbons (Fsp3) is 0.476. The molecule has 0 saturated carbocycles. The summed E-state index contributed by atoms with van der Waals surface area (Å²) in [5.74, 6) is 0.181. The van der Waals surface area contributed by atoms with Gasteiger partial charge in [-0.3, -0.25) is 28.0 Å². The lowest BCUT2D eigenvalue weighted by Gasteiger charge is -2.06. The van der Waals surface area contributed by atoms with Gasteiger partial charge < -0.3 is 10.6 Å². The lowest BCUT2D eigenvalue weighted by molar-refractivity contribution is -0.122. The van der Waals surface area contributed by atoms with E-state index in [0.717, 1.165) is 77.7 Å². The fourth-order valence-corrected chi connectivity index (χ4v) is 11.2. The molecule has 0 unspecified atom stereocenters. The summed E-state index contributed by atoms with van der Waals surface area (Å²) in [5, 5.41) is 9.37. The number of unbranched alkanes of at least 4 members (excludes halogenated alkanes) is 10. The molecule has 2 amide bonds. The Morgan fingerprint density at radius 1 is 0.600 bits per heavy atom. The predicted molar refractivity (Wildman–Crippen MR) is 229 cm³/mol. The number of carbonyl (C=O) groups excluding carboxylic acids is 2. The number of aromatic nitrogens is 4. The van der Waals surface area contributed by atoms with Crippen molar-refractivity contribution in [1.82, 2.24) is 29.4 Å². The number of benzene rings is 1. The molecule has 0 aliphatic rings. The van der Waals surface area contributed by atoms with Gasteiger partial charge in [0.25, 0.3) is 11.1 Å². The van der Waals surface area contributed by atoms with Gasteiger partial charge in [0.15, 0.2) is 0 Å². The molecule has 2 N–H and O–H groups in total. The molecule has 0 bridgehead atoms. The number of rotatable bonds is 20. The van der Waals surface area contributed by atoms with Crippen LogP contribution in [-0.4, -0.2) is 43.7 Å². The topological polar surface area (TPSA) is 127 Å². The summed E-state index contributed by atoms with van der Waals surface area (Å²) < 4.78 is 4.48. The Morgan fingerprint density at radius 3 is 1.45 bits per heavy atom. The summed E-state index contributed by atoms with van der Waals surface area (Å²) in [4.78, 5) is 66.9. The second-order valence-corrected chi connectivity index (χ2v) is 18.1. The number of carbonyl (C=O) groups is 2. The predicted octanol–water partition coefficient (Wildman–Crippen LogP) is 9.35. The van der Waals surface area contributed by atoms with Gasteiger partial charge >= 0.3 is 0 Å². The minimum absolute atomic E-state index is 0.0907. The molecule has 0 fully saturated rings. The van der Waals surface area contributed by atoms with Crippen LogP contribution in [0, 0.1) is 0 Å². The Labute approximate surface area is 330 Å². The lowest BCUT2D eigenvalue weighted by atomic mass is 10.0. The van der Waals surface area contributed by atoms with Crippen LogP contribution in [0.4, 0.5) is 0 Å². The van der Waals surface area contributed by atoms with Crippen LogP contribution in [0.3, 0.4) is 0 Å². The number of thiophene rings is 3. The van der Waals surface area contributed by atoms with Gasteiger partial charge in [0.2, 0.25) is 11.8 Å². The van der Waals surface area contributed by atoms with Crippen LogP contribution in [0.25, 0.3) is 62.9 Å². The molecule has 0 saturated heterocycles. The molecule has 7 aromatic heterocycles. The summed E-state index contributed by atoms with van der Waals surface area (Å²) in [7, 11) is 0. The van der Waals surface area contributed by atoms with E-state index in [1.807, 2.05) is 24.3 Å². The van der Waals surface area contributed by atoms with Crippen LogP contribution >= 0.6 is 34.0 Å². The first-order chi connectivity index (χ1) is 26.9. The van der Waals surface area contributed by atoms with Crippen molar-refractivity contribution in [2.45, 2.75) is 117 Å². The molecule has 13 heteroatoms. The zero-order chi connectivity index (χ0) is 38.1. The molecule has 0 radical (unpaired) electrons. The maximum absolute atomic E-state index is 14.2. The number of fused-ring (bicyclic) bond motifs is 8. The highest BCUT2D eigenvalue weighted by atomic mass is 32.1. The van der Waals surface area contributed by atoms with E-state index in [4.69, 9.17) is 9.97 Å². The van der Waals surface area contributed by atoms with Crippen molar-refractivity contribution in [2.75, 3.05) is 13.1 Å². The molecule has 0 atom stereocenters. The monoisotopic (exact) mass is 796 g/mol. The van der Waals surface area contributed by atoms with Crippen LogP contribution in [0.5, 0.6) is 0 Å². The van der Waals surface area contributed by atoms with Gasteiger partial charge in [-0.1, -0.05) is 78.1 Å². The first kappa shape index (κ1) is 37.7. The van der Waals surface area contributed by atoms with Crippen molar-refractivity contribution in [3.63, 3.8) is 0 Å². The zero-order valence-corrected chi connectivity index (χ0v) is 34.1. The molecular weight excluding hydrogens is 749 g/mol.